The minimum Gasteiger partial charge on any atom is -0.324 e. The first-order valence-corrected chi connectivity index (χ1v) is 7.56. The molecule has 4 nitrogen and oxygen atoms in total. The maximum Gasteiger partial charge on any atom is 0.238 e. The zero-order valence-electron chi connectivity index (χ0n) is 11.0. The van der Waals surface area contributed by atoms with Crippen molar-refractivity contribution in [1.82, 2.24) is 10.2 Å². The first-order valence-electron chi connectivity index (χ1n) is 6.80. The van der Waals surface area contributed by atoms with Gasteiger partial charge in [0.1, 0.15) is 0 Å². The smallest absolute Gasteiger partial charge is 0.238 e. The Morgan fingerprint density at radius 3 is 2.70 bits per heavy atom. The third-order valence-corrected chi connectivity index (χ3v) is 4.88. The van der Waals surface area contributed by atoms with Crippen molar-refractivity contribution < 1.29 is 4.79 Å². The number of halogens is 2. The maximum absolute atomic E-state index is 12.1. The summed E-state index contributed by atoms with van der Waals surface area (Å²) in [6, 6.07) is 5.23. The lowest BCUT2D eigenvalue weighted by atomic mass is 10.0. The molecule has 2 atom stereocenters. The minimum absolute atomic E-state index is 0.0397. The van der Waals surface area contributed by atoms with Crippen molar-refractivity contribution in [3.8, 4) is 0 Å². The molecule has 0 bridgehead atoms. The summed E-state index contributed by atoms with van der Waals surface area (Å²) < 4.78 is 0. The van der Waals surface area contributed by atoms with Gasteiger partial charge < -0.3 is 10.6 Å². The van der Waals surface area contributed by atoms with Crippen molar-refractivity contribution in [2.45, 2.75) is 0 Å². The number of benzene rings is 1. The van der Waals surface area contributed by atoms with Crippen molar-refractivity contribution in [2.75, 3.05) is 38.0 Å². The van der Waals surface area contributed by atoms with E-state index < -0.39 is 0 Å². The highest BCUT2D eigenvalue weighted by Gasteiger charge is 2.36. The second-order valence-corrected chi connectivity index (χ2v) is 6.31. The van der Waals surface area contributed by atoms with Gasteiger partial charge in [-0.15, -0.1) is 0 Å². The molecule has 2 heterocycles. The van der Waals surface area contributed by atoms with Crippen LogP contribution in [0.5, 0.6) is 0 Å². The van der Waals surface area contributed by atoms with Crippen molar-refractivity contribution in [3.63, 3.8) is 0 Å². The van der Waals surface area contributed by atoms with E-state index in [0.717, 1.165) is 26.2 Å². The number of carbonyl (C=O) groups excluding carboxylic acids is 1. The summed E-state index contributed by atoms with van der Waals surface area (Å²) in [4.78, 5) is 14.3. The standard InChI is InChI=1S/C14H17Cl2N3O/c15-11-2-1-3-12(14(11)16)18-13(20)8-19-6-9-4-17-5-10(9)7-19/h1-3,9-10,17H,4-8H2,(H,18,20)/t9-,10+. The lowest BCUT2D eigenvalue weighted by Gasteiger charge is -2.17. The molecule has 0 radical (unpaired) electrons. The number of amides is 1. The predicted molar refractivity (Wildman–Crippen MR) is 81.4 cm³/mol. The van der Waals surface area contributed by atoms with E-state index in [4.69, 9.17) is 23.2 Å². The Kier molecular flexibility index (Phi) is 4.17. The summed E-state index contributed by atoms with van der Waals surface area (Å²) in [6.07, 6.45) is 0. The van der Waals surface area contributed by atoms with E-state index in [1.807, 2.05) is 0 Å². The van der Waals surface area contributed by atoms with E-state index in [2.05, 4.69) is 15.5 Å². The lowest BCUT2D eigenvalue weighted by molar-refractivity contribution is -0.117. The SMILES string of the molecule is O=C(CN1C[C@H]2CNC[C@H]2C1)Nc1cccc(Cl)c1Cl. The fourth-order valence-electron chi connectivity index (χ4n) is 3.07. The lowest BCUT2D eigenvalue weighted by Crippen LogP contribution is -2.33. The molecule has 3 rings (SSSR count). The van der Waals surface area contributed by atoms with Crippen LogP contribution in [0, 0.1) is 11.8 Å². The van der Waals surface area contributed by atoms with E-state index in [-0.39, 0.29) is 5.91 Å². The maximum atomic E-state index is 12.1. The Morgan fingerprint density at radius 2 is 2.00 bits per heavy atom. The van der Waals surface area contributed by atoms with Crippen LogP contribution < -0.4 is 10.6 Å². The number of hydrogen-bond donors (Lipinski definition) is 2. The molecular weight excluding hydrogens is 297 g/mol. The average Bonchev–Trinajstić information content (AvgIpc) is 2.95. The van der Waals surface area contributed by atoms with E-state index in [1.165, 1.54) is 0 Å². The molecule has 20 heavy (non-hydrogen) atoms. The fourth-order valence-corrected chi connectivity index (χ4v) is 3.42. The van der Waals surface area contributed by atoms with Crippen LogP contribution in [0.4, 0.5) is 5.69 Å². The van der Waals surface area contributed by atoms with Crippen LogP contribution in [0.2, 0.25) is 10.0 Å². The topological polar surface area (TPSA) is 44.4 Å². The fraction of sp³-hybridized carbons (Fsp3) is 0.500. The van der Waals surface area contributed by atoms with Gasteiger partial charge in [0.05, 0.1) is 22.3 Å². The highest BCUT2D eigenvalue weighted by Crippen LogP contribution is 2.30. The molecule has 1 amide bonds. The van der Waals surface area contributed by atoms with Crippen LogP contribution in [0.1, 0.15) is 0 Å². The van der Waals surface area contributed by atoms with Gasteiger partial charge in [-0.1, -0.05) is 29.3 Å². The molecule has 0 saturated carbocycles. The Hall–Kier alpha value is -0.810. The number of rotatable bonds is 3. The van der Waals surface area contributed by atoms with E-state index >= 15 is 0 Å². The van der Waals surface area contributed by atoms with Crippen molar-refractivity contribution in [1.29, 1.82) is 0 Å². The summed E-state index contributed by atoms with van der Waals surface area (Å²) in [5.41, 5.74) is 0.574. The summed E-state index contributed by atoms with van der Waals surface area (Å²) in [7, 11) is 0. The summed E-state index contributed by atoms with van der Waals surface area (Å²) in [5, 5.41) is 7.07. The van der Waals surface area contributed by atoms with Gasteiger partial charge in [-0.25, -0.2) is 0 Å². The molecule has 2 fully saturated rings. The van der Waals surface area contributed by atoms with Crippen LogP contribution in [-0.4, -0.2) is 43.5 Å². The molecule has 0 aromatic heterocycles. The molecule has 6 heteroatoms. The first kappa shape index (κ1) is 14.1. The van der Waals surface area contributed by atoms with Crippen LogP contribution >= 0.6 is 23.2 Å². The Balaban J connectivity index is 1.56. The minimum atomic E-state index is -0.0397. The predicted octanol–water partition coefficient (Wildman–Crippen LogP) is 2.08. The molecular formula is C14H17Cl2N3O. The van der Waals surface area contributed by atoms with Crippen LogP contribution in [0.3, 0.4) is 0 Å². The molecule has 0 aliphatic carbocycles. The number of fused-ring (bicyclic) bond motifs is 1. The van der Waals surface area contributed by atoms with Crippen molar-refractivity contribution in [2.24, 2.45) is 11.8 Å². The van der Waals surface area contributed by atoms with Gasteiger partial charge >= 0.3 is 0 Å². The van der Waals surface area contributed by atoms with E-state index in [0.29, 0.717) is 34.1 Å². The molecule has 1 aromatic carbocycles. The van der Waals surface area contributed by atoms with Gasteiger partial charge in [0, 0.05) is 13.1 Å². The molecule has 108 valence electrons. The average molecular weight is 314 g/mol. The number of nitrogens with one attached hydrogen (secondary N) is 2. The van der Waals surface area contributed by atoms with E-state index in [1.54, 1.807) is 18.2 Å². The summed E-state index contributed by atoms with van der Waals surface area (Å²) in [5.74, 6) is 1.34. The number of carbonyl (C=O) groups is 1. The number of hydrogen-bond acceptors (Lipinski definition) is 3. The van der Waals surface area contributed by atoms with E-state index in [9.17, 15) is 4.79 Å². The monoisotopic (exact) mass is 313 g/mol. The largest absolute Gasteiger partial charge is 0.324 e. The third kappa shape index (κ3) is 2.93. The second kappa shape index (κ2) is 5.90. The molecule has 1 aromatic rings. The number of nitrogens with zero attached hydrogens (tertiary/aromatic N) is 1. The molecule has 2 saturated heterocycles. The Labute approximate surface area is 128 Å². The second-order valence-electron chi connectivity index (χ2n) is 5.52. The third-order valence-electron chi connectivity index (χ3n) is 4.06. The van der Waals surface area contributed by atoms with Crippen LogP contribution in [0.15, 0.2) is 18.2 Å². The van der Waals surface area contributed by atoms with Gasteiger partial charge in [-0.05, 0) is 37.1 Å². The van der Waals surface area contributed by atoms with Crippen LogP contribution in [-0.2, 0) is 4.79 Å². The Bertz CT molecular complexity index is 511. The van der Waals surface area contributed by atoms with Gasteiger partial charge in [0.15, 0.2) is 0 Å². The highest BCUT2D eigenvalue weighted by molar-refractivity contribution is 6.43. The number of anilines is 1. The zero-order chi connectivity index (χ0) is 14.1. The van der Waals surface area contributed by atoms with Crippen molar-refractivity contribution in [3.05, 3.63) is 28.2 Å². The van der Waals surface area contributed by atoms with Gasteiger partial charge in [0.25, 0.3) is 0 Å². The Morgan fingerprint density at radius 1 is 1.30 bits per heavy atom. The summed E-state index contributed by atoms with van der Waals surface area (Å²) in [6.45, 7) is 4.55. The van der Waals surface area contributed by atoms with Gasteiger partial charge in [-0.3, -0.25) is 9.69 Å². The quantitative estimate of drug-likeness (QED) is 0.898. The highest BCUT2D eigenvalue weighted by atomic mass is 35.5. The first-order chi connectivity index (χ1) is 9.63. The van der Waals surface area contributed by atoms with Crippen molar-refractivity contribution >= 4 is 34.8 Å². The molecule has 2 aliphatic heterocycles. The molecule has 0 spiro atoms. The normalized spacial score (nSPS) is 25.7. The molecule has 2 N–H and O–H groups in total. The van der Waals surface area contributed by atoms with Crippen LogP contribution in [0.25, 0.3) is 0 Å². The molecule has 2 aliphatic rings. The molecule has 0 unspecified atom stereocenters. The van der Waals surface area contributed by atoms with Gasteiger partial charge in [0.2, 0.25) is 5.91 Å². The zero-order valence-corrected chi connectivity index (χ0v) is 12.5. The van der Waals surface area contributed by atoms with Gasteiger partial charge in [-0.2, -0.15) is 0 Å². The summed E-state index contributed by atoms with van der Waals surface area (Å²) >= 11 is 12.0. The number of likely N-dealkylation sites (tertiary alicyclic amines) is 1.